The molecule has 21 heavy (non-hydrogen) atoms. The number of rotatable bonds is 4. The third kappa shape index (κ3) is 3.93. The Morgan fingerprint density at radius 1 is 0.905 bits per heavy atom. The number of piperazine rings is 1. The van der Waals surface area contributed by atoms with Gasteiger partial charge in [-0.2, -0.15) is 0 Å². The molecule has 1 saturated heterocycles. The molecule has 1 atom stereocenters. The highest BCUT2D eigenvalue weighted by molar-refractivity contribution is 5.16. The molecule has 1 unspecified atom stereocenters. The lowest BCUT2D eigenvalue weighted by Gasteiger charge is -2.40. The van der Waals surface area contributed by atoms with Gasteiger partial charge in [0, 0.05) is 40.1 Å². The molecular weight excluding hydrogens is 256 g/mol. The van der Waals surface area contributed by atoms with Crippen LogP contribution in [0.25, 0.3) is 0 Å². The van der Waals surface area contributed by atoms with Crippen LogP contribution < -0.4 is 0 Å². The maximum absolute atomic E-state index is 7.89. The van der Waals surface area contributed by atoms with Crippen molar-refractivity contribution < 1.29 is 1.37 Å². The van der Waals surface area contributed by atoms with E-state index in [1.54, 1.807) is 0 Å². The van der Waals surface area contributed by atoms with Gasteiger partial charge in [-0.15, -0.1) is 0 Å². The SMILES string of the molecule is [2H]CC1CN(Cc2ccccc2)CCN1Cc1ccccc1. The van der Waals surface area contributed by atoms with E-state index in [4.69, 9.17) is 1.37 Å². The van der Waals surface area contributed by atoms with Gasteiger partial charge < -0.3 is 0 Å². The van der Waals surface area contributed by atoms with E-state index in [0.717, 1.165) is 32.7 Å². The minimum atomic E-state index is 0.331. The first-order chi connectivity index (χ1) is 10.8. The Labute approximate surface area is 129 Å². The molecule has 1 fully saturated rings. The van der Waals surface area contributed by atoms with E-state index >= 15 is 0 Å². The summed E-state index contributed by atoms with van der Waals surface area (Å²) in [5.74, 6) is 0. The van der Waals surface area contributed by atoms with Gasteiger partial charge >= 0.3 is 0 Å². The molecule has 2 aromatic rings. The number of hydrogen-bond donors (Lipinski definition) is 0. The first kappa shape index (κ1) is 13.1. The molecule has 0 aromatic heterocycles. The average Bonchev–Trinajstić information content (AvgIpc) is 2.58. The molecule has 0 amide bonds. The van der Waals surface area contributed by atoms with Crippen molar-refractivity contribution in [2.75, 3.05) is 19.6 Å². The third-order valence-electron chi connectivity index (χ3n) is 4.17. The van der Waals surface area contributed by atoms with Crippen LogP contribution in [0.5, 0.6) is 0 Å². The Bertz CT molecular complexity index is 558. The topological polar surface area (TPSA) is 6.48 Å². The molecule has 0 saturated carbocycles. The lowest BCUT2D eigenvalue weighted by Crippen LogP contribution is -2.50. The molecule has 0 radical (unpaired) electrons. The zero-order valence-corrected chi connectivity index (χ0v) is 12.5. The Kier molecular flexibility index (Phi) is 4.28. The van der Waals surface area contributed by atoms with Gasteiger partial charge in [-0.3, -0.25) is 9.80 Å². The molecule has 0 bridgehead atoms. The van der Waals surface area contributed by atoms with Crippen molar-refractivity contribution in [1.29, 1.82) is 0 Å². The van der Waals surface area contributed by atoms with Crippen LogP contribution in [0.15, 0.2) is 60.7 Å². The van der Waals surface area contributed by atoms with Crippen molar-refractivity contribution in [3.8, 4) is 0 Å². The maximum atomic E-state index is 7.89. The van der Waals surface area contributed by atoms with Gasteiger partial charge in [-0.25, -0.2) is 0 Å². The summed E-state index contributed by atoms with van der Waals surface area (Å²) in [7, 11) is 0. The largest absolute Gasteiger partial charge is 0.296 e. The highest BCUT2D eigenvalue weighted by Crippen LogP contribution is 2.15. The van der Waals surface area contributed by atoms with Crippen LogP contribution in [0.4, 0.5) is 0 Å². The van der Waals surface area contributed by atoms with Crippen LogP contribution in [-0.4, -0.2) is 35.5 Å². The fourth-order valence-corrected chi connectivity index (χ4v) is 2.97. The summed E-state index contributed by atoms with van der Waals surface area (Å²) in [6.45, 7) is 5.55. The average molecular weight is 281 g/mol. The monoisotopic (exact) mass is 281 g/mol. The summed E-state index contributed by atoms with van der Waals surface area (Å²) in [5.41, 5.74) is 2.71. The molecular formula is C19H24N2. The number of hydrogen-bond acceptors (Lipinski definition) is 2. The van der Waals surface area contributed by atoms with Crippen LogP contribution in [-0.2, 0) is 13.1 Å². The summed E-state index contributed by atoms with van der Waals surface area (Å²) in [6.07, 6.45) is 0. The van der Waals surface area contributed by atoms with Gasteiger partial charge in [0.15, 0.2) is 0 Å². The molecule has 1 heterocycles. The van der Waals surface area contributed by atoms with Gasteiger partial charge in [0.1, 0.15) is 0 Å². The normalized spacial score (nSPS) is 21.1. The van der Waals surface area contributed by atoms with Crippen LogP contribution in [0.2, 0.25) is 0 Å². The highest BCUT2D eigenvalue weighted by Gasteiger charge is 2.23. The lowest BCUT2D eigenvalue weighted by molar-refractivity contribution is 0.0733. The fraction of sp³-hybridized carbons (Fsp3) is 0.368. The van der Waals surface area contributed by atoms with Gasteiger partial charge in [0.05, 0.1) is 0 Å². The van der Waals surface area contributed by atoms with Crippen molar-refractivity contribution in [1.82, 2.24) is 9.80 Å². The van der Waals surface area contributed by atoms with E-state index in [-0.39, 0.29) is 0 Å². The molecule has 0 spiro atoms. The molecule has 2 heteroatoms. The minimum absolute atomic E-state index is 0.331. The third-order valence-corrected chi connectivity index (χ3v) is 4.17. The van der Waals surface area contributed by atoms with Gasteiger partial charge in [-0.05, 0) is 18.0 Å². The smallest absolute Gasteiger partial charge is 0.0247 e. The second-order valence-electron chi connectivity index (χ2n) is 5.83. The Hall–Kier alpha value is -1.64. The minimum Gasteiger partial charge on any atom is -0.296 e. The molecule has 2 aromatic carbocycles. The van der Waals surface area contributed by atoms with E-state index < -0.39 is 0 Å². The quantitative estimate of drug-likeness (QED) is 0.847. The van der Waals surface area contributed by atoms with Crippen LogP contribution in [0, 0.1) is 0 Å². The second kappa shape index (κ2) is 6.88. The van der Waals surface area contributed by atoms with Crippen LogP contribution >= 0.6 is 0 Å². The molecule has 0 N–H and O–H groups in total. The summed E-state index contributed by atoms with van der Waals surface area (Å²) >= 11 is 0. The van der Waals surface area contributed by atoms with E-state index in [1.807, 2.05) is 0 Å². The summed E-state index contributed by atoms with van der Waals surface area (Å²) in [5, 5.41) is 0. The molecule has 1 aliphatic heterocycles. The van der Waals surface area contributed by atoms with Crippen molar-refractivity contribution in [3.63, 3.8) is 0 Å². The first-order valence-corrected chi connectivity index (χ1v) is 7.68. The van der Waals surface area contributed by atoms with Crippen LogP contribution in [0.3, 0.4) is 0 Å². The predicted octanol–water partition coefficient (Wildman–Crippen LogP) is 3.39. The molecule has 110 valence electrons. The van der Waals surface area contributed by atoms with Gasteiger partial charge in [0.2, 0.25) is 0 Å². The fourth-order valence-electron chi connectivity index (χ4n) is 2.97. The maximum Gasteiger partial charge on any atom is 0.0247 e. The Morgan fingerprint density at radius 3 is 2.14 bits per heavy atom. The molecule has 0 aliphatic carbocycles. The van der Waals surface area contributed by atoms with E-state index in [2.05, 4.69) is 70.5 Å². The summed E-state index contributed by atoms with van der Waals surface area (Å²) < 4.78 is 7.89. The Morgan fingerprint density at radius 2 is 1.52 bits per heavy atom. The van der Waals surface area contributed by atoms with E-state index in [9.17, 15) is 0 Å². The highest BCUT2D eigenvalue weighted by atomic mass is 15.3. The summed E-state index contributed by atoms with van der Waals surface area (Å²) in [6, 6.07) is 21.6. The van der Waals surface area contributed by atoms with Crippen molar-refractivity contribution >= 4 is 0 Å². The standard InChI is InChI=1S/C19H24N2/c1-17-14-20(15-18-8-4-2-5-9-18)12-13-21(17)16-19-10-6-3-7-11-19/h2-11,17H,12-16H2,1H3/i1D. The van der Waals surface area contributed by atoms with E-state index in [0.29, 0.717) is 12.9 Å². The summed E-state index contributed by atoms with van der Waals surface area (Å²) in [4.78, 5) is 4.94. The van der Waals surface area contributed by atoms with Gasteiger partial charge in [0.25, 0.3) is 0 Å². The molecule has 1 aliphatic rings. The first-order valence-electron chi connectivity index (χ1n) is 8.39. The van der Waals surface area contributed by atoms with Crippen LogP contribution in [0.1, 0.15) is 19.4 Å². The number of nitrogens with zero attached hydrogens (tertiary/aromatic N) is 2. The predicted molar refractivity (Wildman–Crippen MR) is 88.0 cm³/mol. The van der Waals surface area contributed by atoms with Crippen molar-refractivity contribution in [2.45, 2.75) is 26.0 Å². The van der Waals surface area contributed by atoms with Crippen molar-refractivity contribution in [3.05, 3.63) is 71.8 Å². The zero-order chi connectivity index (χ0) is 15.2. The molecule has 2 nitrogen and oxygen atoms in total. The lowest BCUT2D eigenvalue weighted by atomic mass is 10.1. The Balaban J connectivity index is 1.59. The van der Waals surface area contributed by atoms with E-state index in [1.165, 1.54) is 11.1 Å². The number of benzene rings is 2. The van der Waals surface area contributed by atoms with Gasteiger partial charge in [-0.1, -0.05) is 60.7 Å². The second-order valence-corrected chi connectivity index (χ2v) is 5.83. The van der Waals surface area contributed by atoms with Crippen molar-refractivity contribution in [2.24, 2.45) is 0 Å². The zero-order valence-electron chi connectivity index (χ0n) is 13.5. The molecule has 3 rings (SSSR count).